The van der Waals surface area contributed by atoms with E-state index in [0.717, 1.165) is 10.0 Å². The highest BCUT2D eigenvalue weighted by Crippen LogP contribution is 2.34. The first-order chi connectivity index (χ1) is 12.5. The van der Waals surface area contributed by atoms with E-state index in [1.807, 2.05) is 43.5 Å². The Balaban J connectivity index is 1.68. The van der Waals surface area contributed by atoms with E-state index in [2.05, 4.69) is 21.2 Å². The van der Waals surface area contributed by atoms with Crippen molar-refractivity contribution in [3.05, 3.63) is 52.5 Å². The maximum absolute atomic E-state index is 12.5. The molecule has 0 aliphatic carbocycles. The van der Waals surface area contributed by atoms with Crippen molar-refractivity contribution in [3.63, 3.8) is 0 Å². The summed E-state index contributed by atoms with van der Waals surface area (Å²) < 4.78 is 6.30. The number of halogens is 1. The largest absolute Gasteiger partial charge is 0.482 e. The van der Waals surface area contributed by atoms with Crippen molar-refractivity contribution in [2.45, 2.75) is 17.9 Å². The lowest BCUT2D eigenvalue weighted by atomic mass is 10.1. The molecule has 1 heterocycles. The molecule has 1 atom stereocenters. The molecule has 0 fully saturated rings. The molecule has 1 aliphatic heterocycles. The minimum Gasteiger partial charge on any atom is -0.482 e. The number of thioether (sulfide) groups is 1. The fourth-order valence-corrected chi connectivity index (χ4v) is 3.51. The summed E-state index contributed by atoms with van der Waals surface area (Å²) in [6.45, 7) is 1.82. The van der Waals surface area contributed by atoms with Gasteiger partial charge in [0, 0.05) is 9.37 Å². The molecule has 1 aliphatic rings. The molecule has 5 nitrogen and oxygen atoms in total. The van der Waals surface area contributed by atoms with Crippen LogP contribution in [0.3, 0.4) is 0 Å². The zero-order valence-electron chi connectivity index (χ0n) is 14.5. The Kier molecular flexibility index (Phi) is 5.88. The number of hydrogen-bond acceptors (Lipinski definition) is 4. The topological polar surface area (TPSA) is 58.6 Å². The molecule has 1 N–H and O–H groups in total. The van der Waals surface area contributed by atoms with Gasteiger partial charge in [-0.05, 0) is 49.1 Å². The number of carbonyl (C=O) groups is 2. The predicted molar refractivity (Wildman–Crippen MR) is 107 cm³/mol. The number of anilines is 1. The molecule has 0 spiro atoms. The molecule has 2 amide bonds. The second kappa shape index (κ2) is 8.14. The number of amides is 2. The Hall–Kier alpha value is -1.99. The van der Waals surface area contributed by atoms with Gasteiger partial charge in [0.25, 0.3) is 5.91 Å². The van der Waals surface area contributed by atoms with E-state index in [4.69, 9.17) is 4.74 Å². The van der Waals surface area contributed by atoms with Gasteiger partial charge < -0.3 is 10.1 Å². The third-order valence-corrected chi connectivity index (χ3v) is 5.40. The number of nitrogens with zero attached hydrogens (tertiary/aromatic N) is 1. The van der Waals surface area contributed by atoms with Gasteiger partial charge in [0.15, 0.2) is 6.61 Å². The van der Waals surface area contributed by atoms with Gasteiger partial charge in [-0.1, -0.05) is 28.1 Å². The fourth-order valence-electron chi connectivity index (χ4n) is 2.76. The molecule has 3 rings (SSSR count). The maximum atomic E-state index is 12.5. The lowest BCUT2D eigenvalue weighted by Gasteiger charge is -2.29. The molecule has 26 heavy (non-hydrogen) atoms. The van der Waals surface area contributed by atoms with Gasteiger partial charge in [0.05, 0.1) is 11.7 Å². The molecular formula is C19H19BrN2O3S. The van der Waals surface area contributed by atoms with Gasteiger partial charge >= 0.3 is 0 Å². The summed E-state index contributed by atoms with van der Waals surface area (Å²) in [5.74, 6) is 0.148. The van der Waals surface area contributed by atoms with Crippen molar-refractivity contribution in [2.24, 2.45) is 0 Å². The molecule has 2 aromatic carbocycles. The van der Waals surface area contributed by atoms with Gasteiger partial charge in [0.1, 0.15) is 12.3 Å². The van der Waals surface area contributed by atoms with Crippen LogP contribution >= 0.6 is 27.7 Å². The second-order valence-electron chi connectivity index (χ2n) is 5.94. The number of fused-ring (bicyclic) bond motifs is 1. The van der Waals surface area contributed by atoms with Crippen molar-refractivity contribution in [1.82, 2.24) is 5.32 Å². The van der Waals surface area contributed by atoms with Crippen LogP contribution in [0.5, 0.6) is 5.75 Å². The highest BCUT2D eigenvalue weighted by Gasteiger charge is 2.27. The number of hydrogen-bond donors (Lipinski definition) is 1. The van der Waals surface area contributed by atoms with E-state index in [-0.39, 0.29) is 31.0 Å². The zero-order chi connectivity index (χ0) is 18.7. The maximum Gasteiger partial charge on any atom is 0.265 e. The smallest absolute Gasteiger partial charge is 0.265 e. The van der Waals surface area contributed by atoms with Crippen LogP contribution in [0, 0.1) is 0 Å². The first-order valence-electron chi connectivity index (χ1n) is 8.14. The molecule has 2 aromatic rings. The third-order valence-electron chi connectivity index (χ3n) is 4.16. The quantitative estimate of drug-likeness (QED) is 0.727. The Morgan fingerprint density at radius 1 is 1.31 bits per heavy atom. The van der Waals surface area contributed by atoms with Crippen LogP contribution in [-0.4, -0.2) is 31.2 Å². The molecule has 0 saturated heterocycles. The molecular weight excluding hydrogens is 416 g/mol. The van der Waals surface area contributed by atoms with Crippen LogP contribution in [0.25, 0.3) is 0 Å². The molecule has 0 radical (unpaired) electrons. The summed E-state index contributed by atoms with van der Waals surface area (Å²) in [4.78, 5) is 27.3. The van der Waals surface area contributed by atoms with Crippen LogP contribution in [0.1, 0.15) is 18.5 Å². The van der Waals surface area contributed by atoms with Crippen LogP contribution < -0.4 is 15.0 Å². The number of ether oxygens (including phenoxy) is 1. The minimum atomic E-state index is -0.230. The summed E-state index contributed by atoms with van der Waals surface area (Å²) in [7, 11) is 0. The van der Waals surface area contributed by atoms with E-state index in [0.29, 0.717) is 11.4 Å². The van der Waals surface area contributed by atoms with E-state index in [1.165, 1.54) is 9.80 Å². The van der Waals surface area contributed by atoms with Gasteiger partial charge in [-0.3, -0.25) is 14.5 Å². The van der Waals surface area contributed by atoms with Crippen LogP contribution in [0.2, 0.25) is 0 Å². The first-order valence-corrected chi connectivity index (χ1v) is 10.2. The van der Waals surface area contributed by atoms with E-state index in [1.54, 1.807) is 23.9 Å². The van der Waals surface area contributed by atoms with Crippen molar-refractivity contribution in [1.29, 1.82) is 0 Å². The summed E-state index contributed by atoms with van der Waals surface area (Å²) in [5, 5.41) is 2.95. The third kappa shape index (κ3) is 4.22. The molecule has 0 aromatic heterocycles. The molecule has 0 saturated carbocycles. The number of rotatable bonds is 5. The molecule has 7 heteroatoms. The number of carbonyl (C=O) groups excluding carboxylic acids is 2. The Bertz CT molecular complexity index is 826. The monoisotopic (exact) mass is 434 g/mol. The highest BCUT2D eigenvalue weighted by atomic mass is 79.9. The Labute approximate surface area is 165 Å². The lowest BCUT2D eigenvalue weighted by molar-refractivity contribution is -0.125. The van der Waals surface area contributed by atoms with E-state index >= 15 is 0 Å². The standard InChI is InChI=1S/C19H19BrN2O3S/c1-12(13-3-6-15(26-2)7-4-13)21-18(23)10-22-16-8-5-14(20)9-17(16)25-11-19(22)24/h3-9,12H,10-11H2,1-2H3,(H,21,23). The normalized spacial score (nSPS) is 14.4. The Morgan fingerprint density at radius 2 is 2.04 bits per heavy atom. The number of benzene rings is 2. The van der Waals surface area contributed by atoms with E-state index < -0.39 is 0 Å². The lowest BCUT2D eigenvalue weighted by Crippen LogP contribution is -2.45. The van der Waals surface area contributed by atoms with Gasteiger partial charge in [-0.25, -0.2) is 0 Å². The van der Waals surface area contributed by atoms with Crippen molar-refractivity contribution < 1.29 is 14.3 Å². The zero-order valence-corrected chi connectivity index (χ0v) is 16.9. The average molecular weight is 435 g/mol. The average Bonchev–Trinajstić information content (AvgIpc) is 2.64. The summed E-state index contributed by atoms with van der Waals surface area (Å²) in [5.41, 5.74) is 1.63. The van der Waals surface area contributed by atoms with Crippen molar-refractivity contribution >= 4 is 45.2 Å². The van der Waals surface area contributed by atoms with Gasteiger partial charge in [0.2, 0.25) is 5.91 Å². The first kappa shape index (κ1) is 18.8. The molecule has 0 bridgehead atoms. The SMILES string of the molecule is CSc1ccc(C(C)NC(=O)CN2C(=O)COc3cc(Br)ccc32)cc1. The molecule has 1 unspecified atom stereocenters. The summed E-state index contributed by atoms with van der Waals surface area (Å²) in [6.07, 6.45) is 2.02. The van der Waals surface area contributed by atoms with Crippen LogP contribution in [-0.2, 0) is 9.59 Å². The second-order valence-corrected chi connectivity index (χ2v) is 7.74. The van der Waals surface area contributed by atoms with Crippen molar-refractivity contribution in [2.75, 3.05) is 24.3 Å². The predicted octanol–water partition coefficient (Wildman–Crippen LogP) is 3.77. The van der Waals surface area contributed by atoms with Crippen LogP contribution in [0.15, 0.2) is 51.8 Å². The van der Waals surface area contributed by atoms with Gasteiger partial charge in [-0.15, -0.1) is 11.8 Å². The van der Waals surface area contributed by atoms with Crippen molar-refractivity contribution in [3.8, 4) is 5.75 Å². The fraction of sp³-hybridized carbons (Fsp3) is 0.263. The highest BCUT2D eigenvalue weighted by molar-refractivity contribution is 9.10. The Morgan fingerprint density at radius 3 is 2.73 bits per heavy atom. The van der Waals surface area contributed by atoms with Crippen LogP contribution in [0.4, 0.5) is 5.69 Å². The van der Waals surface area contributed by atoms with Gasteiger partial charge in [-0.2, -0.15) is 0 Å². The molecule has 136 valence electrons. The summed E-state index contributed by atoms with van der Waals surface area (Å²) in [6, 6.07) is 13.3. The minimum absolute atomic E-state index is 0.0376. The summed E-state index contributed by atoms with van der Waals surface area (Å²) >= 11 is 5.06. The van der Waals surface area contributed by atoms with E-state index in [9.17, 15) is 9.59 Å². The number of nitrogens with one attached hydrogen (secondary N) is 1.